The monoisotopic (exact) mass is 418 g/mol. The Morgan fingerprint density at radius 1 is 1.06 bits per heavy atom. The molecule has 2 aromatic heterocycles. The molecule has 1 saturated heterocycles. The molecule has 0 amide bonds. The Bertz CT molecular complexity index is 1250. The fourth-order valence-corrected chi connectivity index (χ4v) is 4.33. The lowest BCUT2D eigenvalue weighted by molar-refractivity contribution is 0.159. The first-order valence-corrected chi connectivity index (χ1v) is 10.6. The number of hydrogen-bond acceptors (Lipinski definition) is 5. The van der Waals surface area contributed by atoms with E-state index in [9.17, 15) is 9.18 Å². The van der Waals surface area contributed by atoms with E-state index < -0.39 is 0 Å². The van der Waals surface area contributed by atoms with Gasteiger partial charge in [0.2, 0.25) is 0 Å². The Morgan fingerprint density at radius 2 is 1.90 bits per heavy atom. The van der Waals surface area contributed by atoms with Gasteiger partial charge >= 0.3 is 0 Å². The van der Waals surface area contributed by atoms with Crippen LogP contribution in [-0.2, 0) is 6.54 Å². The number of fused-ring (bicyclic) bond motifs is 1. The summed E-state index contributed by atoms with van der Waals surface area (Å²) in [7, 11) is 0. The molecule has 0 radical (unpaired) electrons. The topological polar surface area (TPSA) is 59.5 Å². The van der Waals surface area contributed by atoms with Crippen LogP contribution in [0.15, 0.2) is 74.6 Å². The van der Waals surface area contributed by atoms with Crippen LogP contribution in [0.2, 0.25) is 0 Å². The molecule has 2 aromatic carbocycles. The van der Waals surface area contributed by atoms with Gasteiger partial charge in [0.25, 0.3) is 0 Å². The Labute approximate surface area is 179 Å². The SMILES string of the molecule is O=c1c(CN2CCCCC[C@H]2c2cc(-c3ccc(F)cc3)no2)coc2ccccc12. The van der Waals surface area contributed by atoms with Crippen molar-refractivity contribution in [3.05, 3.63) is 88.2 Å². The van der Waals surface area contributed by atoms with Gasteiger partial charge < -0.3 is 8.94 Å². The number of likely N-dealkylation sites (tertiary alicyclic amines) is 1. The minimum atomic E-state index is -0.281. The maximum atomic E-state index is 13.2. The van der Waals surface area contributed by atoms with Crippen molar-refractivity contribution in [3.8, 4) is 11.3 Å². The Morgan fingerprint density at radius 3 is 2.77 bits per heavy atom. The predicted molar refractivity (Wildman–Crippen MR) is 116 cm³/mol. The molecule has 0 aliphatic carbocycles. The molecule has 6 heteroatoms. The summed E-state index contributed by atoms with van der Waals surface area (Å²) in [6.45, 7) is 1.36. The molecule has 0 bridgehead atoms. The van der Waals surface area contributed by atoms with Crippen LogP contribution in [0.25, 0.3) is 22.2 Å². The summed E-state index contributed by atoms with van der Waals surface area (Å²) in [4.78, 5) is 15.3. The van der Waals surface area contributed by atoms with Crippen molar-refractivity contribution in [1.82, 2.24) is 10.1 Å². The standard InChI is InChI=1S/C25H23FN2O3/c26-19-11-9-17(10-12-19)21-14-24(31-27-21)22-7-2-1-5-13-28(22)15-18-16-30-23-8-4-3-6-20(23)25(18)29/h3-4,6,8-12,14,16,22H,1-2,5,7,13,15H2/t22-/m0/s1. The second-order valence-corrected chi connectivity index (χ2v) is 8.04. The number of benzene rings is 2. The number of rotatable bonds is 4. The van der Waals surface area contributed by atoms with Crippen molar-refractivity contribution in [3.63, 3.8) is 0 Å². The third-order valence-corrected chi connectivity index (χ3v) is 5.99. The first-order valence-electron chi connectivity index (χ1n) is 10.6. The van der Waals surface area contributed by atoms with Crippen molar-refractivity contribution >= 4 is 11.0 Å². The second-order valence-electron chi connectivity index (χ2n) is 8.04. The summed E-state index contributed by atoms with van der Waals surface area (Å²) < 4.78 is 24.7. The van der Waals surface area contributed by atoms with Crippen LogP contribution in [0.5, 0.6) is 0 Å². The molecule has 4 aromatic rings. The lowest BCUT2D eigenvalue weighted by atomic mass is 10.0. The zero-order valence-corrected chi connectivity index (χ0v) is 17.1. The van der Waals surface area contributed by atoms with E-state index in [0.29, 0.717) is 28.8 Å². The van der Waals surface area contributed by atoms with Crippen molar-refractivity contribution < 1.29 is 13.3 Å². The van der Waals surface area contributed by atoms with E-state index in [2.05, 4.69) is 10.1 Å². The zero-order valence-electron chi connectivity index (χ0n) is 17.1. The maximum absolute atomic E-state index is 13.2. The molecule has 1 aliphatic rings. The lowest BCUT2D eigenvalue weighted by Gasteiger charge is -2.27. The third-order valence-electron chi connectivity index (χ3n) is 5.99. The van der Waals surface area contributed by atoms with Gasteiger partial charge in [0.05, 0.1) is 17.7 Å². The quantitative estimate of drug-likeness (QED) is 0.425. The molecule has 0 unspecified atom stereocenters. The molecule has 0 N–H and O–H groups in total. The van der Waals surface area contributed by atoms with E-state index in [4.69, 9.17) is 8.94 Å². The Balaban J connectivity index is 1.44. The van der Waals surface area contributed by atoms with E-state index >= 15 is 0 Å². The molecule has 0 spiro atoms. The van der Waals surface area contributed by atoms with E-state index in [-0.39, 0.29) is 17.3 Å². The fourth-order valence-electron chi connectivity index (χ4n) is 4.33. The molecule has 31 heavy (non-hydrogen) atoms. The predicted octanol–water partition coefficient (Wildman–Crippen LogP) is 5.70. The van der Waals surface area contributed by atoms with Gasteiger partial charge in [0.1, 0.15) is 17.1 Å². The number of para-hydroxylation sites is 1. The van der Waals surface area contributed by atoms with Crippen LogP contribution in [0.3, 0.4) is 0 Å². The van der Waals surface area contributed by atoms with Gasteiger partial charge in [-0.2, -0.15) is 0 Å². The summed E-state index contributed by atoms with van der Waals surface area (Å²) in [6.07, 6.45) is 5.79. The maximum Gasteiger partial charge on any atom is 0.197 e. The summed E-state index contributed by atoms with van der Waals surface area (Å²) >= 11 is 0. The van der Waals surface area contributed by atoms with Crippen molar-refractivity contribution in [1.29, 1.82) is 0 Å². The number of hydrogen-bond donors (Lipinski definition) is 0. The van der Waals surface area contributed by atoms with Gasteiger partial charge in [0.15, 0.2) is 11.2 Å². The summed E-state index contributed by atoms with van der Waals surface area (Å²) in [5.74, 6) is 0.489. The minimum absolute atomic E-state index is 0.00872. The number of aromatic nitrogens is 1. The first-order chi connectivity index (χ1) is 15.2. The van der Waals surface area contributed by atoms with Gasteiger partial charge in [-0.25, -0.2) is 4.39 Å². The average Bonchev–Trinajstić information content (AvgIpc) is 3.16. The van der Waals surface area contributed by atoms with Crippen LogP contribution in [-0.4, -0.2) is 16.6 Å². The highest BCUT2D eigenvalue weighted by molar-refractivity contribution is 5.76. The van der Waals surface area contributed by atoms with E-state index in [1.165, 1.54) is 12.1 Å². The zero-order chi connectivity index (χ0) is 21.2. The van der Waals surface area contributed by atoms with Gasteiger partial charge in [-0.05, 0) is 55.8 Å². The molecule has 5 rings (SSSR count). The van der Waals surface area contributed by atoms with Crippen molar-refractivity contribution in [2.24, 2.45) is 0 Å². The van der Waals surface area contributed by atoms with Crippen LogP contribution < -0.4 is 5.43 Å². The van der Waals surface area contributed by atoms with E-state index in [1.54, 1.807) is 30.5 Å². The van der Waals surface area contributed by atoms with E-state index in [1.807, 2.05) is 18.2 Å². The molecule has 5 nitrogen and oxygen atoms in total. The molecule has 158 valence electrons. The summed E-state index contributed by atoms with van der Waals surface area (Å²) in [5, 5.41) is 4.82. The minimum Gasteiger partial charge on any atom is -0.464 e. The molecular formula is C25H23FN2O3. The van der Waals surface area contributed by atoms with Gasteiger partial charge in [-0.3, -0.25) is 9.69 Å². The van der Waals surface area contributed by atoms with Gasteiger partial charge in [-0.1, -0.05) is 30.1 Å². The fraction of sp³-hybridized carbons (Fsp3) is 0.280. The van der Waals surface area contributed by atoms with Crippen LogP contribution in [0.4, 0.5) is 4.39 Å². The Hall–Kier alpha value is -3.25. The second kappa shape index (κ2) is 8.47. The van der Waals surface area contributed by atoms with Crippen molar-refractivity contribution in [2.75, 3.05) is 6.54 Å². The average molecular weight is 418 g/mol. The summed E-state index contributed by atoms with van der Waals surface area (Å²) in [6, 6.07) is 15.5. The molecule has 0 saturated carbocycles. The first kappa shape index (κ1) is 19.7. The molecular weight excluding hydrogens is 395 g/mol. The third kappa shape index (κ3) is 4.03. The van der Waals surface area contributed by atoms with Crippen molar-refractivity contribution in [2.45, 2.75) is 38.3 Å². The highest BCUT2D eigenvalue weighted by Gasteiger charge is 2.27. The molecule has 3 heterocycles. The van der Waals surface area contributed by atoms with Crippen LogP contribution in [0, 0.1) is 5.82 Å². The molecule has 1 fully saturated rings. The summed E-state index contributed by atoms with van der Waals surface area (Å²) in [5.41, 5.74) is 2.75. The number of nitrogens with zero attached hydrogens (tertiary/aromatic N) is 2. The largest absolute Gasteiger partial charge is 0.464 e. The highest BCUT2D eigenvalue weighted by atomic mass is 19.1. The molecule has 1 aliphatic heterocycles. The van der Waals surface area contributed by atoms with Gasteiger partial charge in [0, 0.05) is 23.7 Å². The smallest absolute Gasteiger partial charge is 0.197 e. The normalized spacial score (nSPS) is 17.6. The number of halogens is 1. The lowest BCUT2D eigenvalue weighted by Crippen LogP contribution is -2.30. The van der Waals surface area contributed by atoms with E-state index in [0.717, 1.165) is 43.6 Å². The van der Waals surface area contributed by atoms with Crippen LogP contribution >= 0.6 is 0 Å². The highest BCUT2D eigenvalue weighted by Crippen LogP contribution is 2.33. The van der Waals surface area contributed by atoms with Crippen LogP contribution in [0.1, 0.15) is 43.0 Å². The van der Waals surface area contributed by atoms with Gasteiger partial charge in [-0.15, -0.1) is 0 Å². The molecule has 1 atom stereocenters. The Kier molecular flexibility index (Phi) is 5.38.